The highest BCUT2D eigenvalue weighted by molar-refractivity contribution is 7.18. The van der Waals surface area contributed by atoms with Crippen molar-refractivity contribution in [2.45, 2.75) is 25.9 Å². The second-order valence-electron chi connectivity index (χ2n) is 6.91. The molecule has 3 aromatic rings. The molecule has 1 amide bonds. The minimum Gasteiger partial charge on any atom is -0.417 e. The summed E-state index contributed by atoms with van der Waals surface area (Å²) in [6.45, 7) is -1.71. The standard InChI is InChI=1S/C20H15ClF5N5O4S/c1-8(17(28)33)31(10-3-4-12(11(21)6-10)35-20(24,25)26)19-30-16(27)15(36-19)14(32)9-2-5-13(29-7-9)34-18(22)23/h2-8,18H,27H2,1H3,(H2,28,33). The van der Waals surface area contributed by atoms with Crippen molar-refractivity contribution in [2.24, 2.45) is 5.73 Å². The van der Waals surface area contributed by atoms with Crippen molar-refractivity contribution < 1.29 is 41.0 Å². The molecule has 16 heteroatoms. The maximum atomic E-state index is 12.9. The molecule has 0 saturated heterocycles. The fourth-order valence-electron chi connectivity index (χ4n) is 2.87. The summed E-state index contributed by atoms with van der Waals surface area (Å²) >= 11 is 6.68. The number of halogens is 6. The van der Waals surface area contributed by atoms with Crippen LogP contribution in [0, 0.1) is 0 Å². The second-order valence-corrected chi connectivity index (χ2v) is 8.30. The van der Waals surface area contributed by atoms with Gasteiger partial charge in [0.15, 0.2) is 5.13 Å². The highest BCUT2D eigenvalue weighted by atomic mass is 35.5. The molecule has 0 spiro atoms. The molecule has 2 heterocycles. The Balaban J connectivity index is 1.97. The number of nitrogens with two attached hydrogens (primary N) is 2. The summed E-state index contributed by atoms with van der Waals surface area (Å²) in [7, 11) is 0. The molecule has 4 N–H and O–H groups in total. The topological polar surface area (TPSA) is 134 Å². The molecular formula is C20H15ClF5N5O4S. The zero-order chi connectivity index (χ0) is 26.8. The van der Waals surface area contributed by atoms with Crippen LogP contribution in [-0.4, -0.2) is 40.7 Å². The van der Waals surface area contributed by atoms with E-state index >= 15 is 0 Å². The van der Waals surface area contributed by atoms with Crippen molar-refractivity contribution in [3.63, 3.8) is 0 Å². The number of ketones is 1. The Morgan fingerprint density at radius 3 is 2.42 bits per heavy atom. The van der Waals surface area contributed by atoms with Gasteiger partial charge in [-0.3, -0.25) is 9.59 Å². The Kier molecular flexibility index (Phi) is 7.83. The SMILES string of the molecule is CC(C(N)=O)N(c1ccc(OC(F)(F)F)c(Cl)c1)c1nc(N)c(C(=O)c2ccc(OC(F)F)nc2)s1. The third-order valence-electron chi connectivity index (χ3n) is 4.48. The molecule has 0 radical (unpaired) electrons. The molecule has 36 heavy (non-hydrogen) atoms. The van der Waals surface area contributed by atoms with E-state index in [-0.39, 0.29) is 27.1 Å². The first-order valence-electron chi connectivity index (χ1n) is 9.62. The van der Waals surface area contributed by atoms with Crippen molar-refractivity contribution in [1.82, 2.24) is 9.97 Å². The molecule has 0 aliphatic heterocycles. The van der Waals surface area contributed by atoms with Gasteiger partial charge in [0, 0.05) is 23.5 Å². The molecule has 3 rings (SSSR count). The monoisotopic (exact) mass is 551 g/mol. The van der Waals surface area contributed by atoms with Crippen LogP contribution >= 0.6 is 22.9 Å². The van der Waals surface area contributed by atoms with Gasteiger partial charge in [0.25, 0.3) is 0 Å². The fraction of sp³-hybridized carbons (Fsp3) is 0.200. The van der Waals surface area contributed by atoms with Gasteiger partial charge < -0.3 is 25.8 Å². The molecule has 192 valence electrons. The molecule has 1 unspecified atom stereocenters. The number of primary amides is 1. The van der Waals surface area contributed by atoms with E-state index < -0.39 is 47.4 Å². The van der Waals surface area contributed by atoms with E-state index in [9.17, 15) is 31.5 Å². The summed E-state index contributed by atoms with van der Waals surface area (Å²) in [5, 5.41) is -0.433. The lowest BCUT2D eigenvalue weighted by Gasteiger charge is -2.27. The van der Waals surface area contributed by atoms with Gasteiger partial charge in [-0.1, -0.05) is 22.9 Å². The van der Waals surface area contributed by atoms with Crippen LogP contribution < -0.4 is 25.8 Å². The van der Waals surface area contributed by atoms with E-state index in [2.05, 4.69) is 19.4 Å². The molecule has 0 aliphatic carbocycles. The number of hydrogen-bond donors (Lipinski definition) is 2. The number of benzene rings is 1. The predicted molar refractivity (Wildman–Crippen MR) is 120 cm³/mol. The van der Waals surface area contributed by atoms with Gasteiger partial charge in [0.1, 0.15) is 22.5 Å². The van der Waals surface area contributed by atoms with E-state index in [4.69, 9.17) is 23.1 Å². The van der Waals surface area contributed by atoms with Gasteiger partial charge in [-0.05, 0) is 31.2 Å². The highest BCUT2D eigenvalue weighted by Gasteiger charge is 2.33. The highest BCUT2D eigenvalue weighted by Crippen LogP contribution is 2.39. The molecule has 1 aromatic carbocycles. The van der Waals surface area contributed by atoms with Gasteiger partial charge >= 0.3 is 13.0 Å². The molecule has 9 nitrogen and oxygen atoms in total. The zero-order valence-electron chi connectivity index (χ0n) is 17.9. The molecular weight excluding hydrogens is 537 g/mol. The largest absolute Gasteiger partial charge is 0.573 e. The molecule has 0 bridgehead atoms. The van der Waals surface area contributed by atoms with Crippen LogP contribution in [0.5, 0.6) is 11.6 Å². The van der Waals surface area contributed by atoms with Crippen LogP contribution in [-0.2, 0) is 4.79 Å². The third kappa shape index (κ3) is 6.28. The predicted octanol–water partition coefficient (Wildman–Crippen LogP) is 4.52. The summed E-state index contributed by atoms with van der Waals surface area (Å²) in [6, 6.07) is 4.35. The summed E-state index contributed by atoms with van der Waals surface area (Å²) in [5.74, 6) is -2.82. The van der Waals surface area contributed by atoms with Crippen LogP contribution in [0.2, 0.25) is 5.02 Å². The van der Waals surface area contributed by atoms with Gasteiger partial charge in [-0.25, -0.2) is 9.97 Å². The first-order chi connectivity index (χ1) is 16.8. The molecule has 0 fully saturated rings. The normalized spacial score (nSPS) is 12.3. The van der Waals surface area contributed by atoms with Gasteiger partial charge in [-0.15, -0.1) is 13.2 Å². The number of hydrogen-bond acceptors (Lipinski definition) is 9. The maximum absolute atomic E-state index is 12.9. The number of carbonyl (C=O) groups excluding carboxylic acids is 2. The first-order valence-corrected chi connectivity index (χ1v) is 10.8. The van der Waals surface area contributed by atoms with Crippen molar-refractivity contribution in [1.29, 1.82) is 0 Å². The van der Waals surface area contributed by atoms with E-state index in [1.54, 1.807) is 0 Å². The van der Waals surface area contributed by atoms with Gasteiger partial charge in [-0.2, -0.15) is 8.78 Å². The van der Waals surface area contributed by atoms with Crippen LogP contribution in [0.3, 0.4) is 0 Å². The number of nitrogens with zero attached hydrogens (tertiary/aromatic N) is 3. The Bertz CT molecular complexity index is 1270. The number of rotatable bonds is 9. The summed E-state index contributed by atoms with van der Waals surface area (Å²) < 4.78 is 70.3. The Morgan fingerprint density at radius 2 is 1.89 bits per heavy atom. The summed E-state index contributed by atoms with van der Waals surface area (Å²) in [6.07, 6.45) is -3.98. The van der Waals surface area contributed by atoms with Crippen LogP contribution in [0.4, 0.5) is 38.6 Å². The number of pyridine rings is 1. The number of anilines is 3. The van der Waals surface area contributed by atoms with E-state index in [0.717, 1.165) is 35.7 Å². The van der Waals surface area contributed by atoms with Crippen LogP contribution in [0.25, 0.3) is 0 Å². The van der Waals surface area contributed by atoms with Crippen molar-refractivity contribution in [2.75, 3.05) is 10.6 Å². The smallest absolute Gasteiger partial charge is 0.417 e. The lowest BCUT2D eigenvalue weighted by Crippen LogP contribution is -2.40. The van der Waals surface area contributed by atoms with Gasteiger partial charge in [0.2, 0.25) is 17.6 Å². The van der Waals surface area contributed by atoms with Crippen molar-refractivity contribution in [3.05, 3.63) is 52.0 Å². The van der Waals surface area contributed by atoms with Crippen LogP contribution in [0.15, 0.2) is 36.5 Å². The number of ether oxygens (including phenoxy) is 2. The molecule has 1 atom stereocenters. The van der Waals surface area contributed by atoms with E-state index in [1.165, 1.54) is 24.0 Å². The first kappa shape index (κ1) is 26.9. The quantitative estimate of drug-likeness (QED) is 0.293. The minimum absolute atomic E-state index is 0.00619. The number of thiazole rings is 1. The number of nitrogen functional groups attached to an aromatic ring is 1. The maximum Gasteiger partial charge on any atom is 0.573 e. The number of carbonyl (C=O) groups is 2. The average Bonchev–Trinajstić information content (AvgIpc) is 3.15. The van der Waals surface area contributed by atoms with Crippen LogP contribution in [0.1, 0.15) is 22.2 Å². The minimum atomic E-state index is -4.98. The summed E-state index contributed by atoms with van der Waals surface area (Å²) in [4.78, 5) is 33.7. The van der Waals surface area contributed by atoms with E-state index in [1.807, 2.05) is 0 Å². The lowest BCUT2D eigenvalue weighted by atomic mass is 10.1. The van der Waals surface area contributed by atoms with E-state index in [0.29, 0.717) is 0 Å². The van der Waals surface area contributed by atoms with Crippen molar-refractivity contribution in [3.8, 4) is 11.6 Å². The average molecular weight is 552 g/mol. The number of aromatic nitrogens is 2. The van der Waals surface area contributed by atoms with Gasteiger partial charge in [0.05, 0.1) is 5.02 Å². The zero-order valence-corrected chi connectivity index (χ0v) is 19.5. The Labute approximate surface area is 208 Å². The fourth-order valence-corrected chi connectivity index (χ4v) is 4.13. The number of alkyl halides is 5. The number of amides is 1. The third-order valence-corrected chi connectivity index (χ3v) is 5.85. The molecule has 0 aliphatic rings. The molecule has 2 aromatic heterocycles. The van der Waals surface area contributed by atoms with Crippen molar-refractivity contribution >= 4 is 51.3 Å². The summed E-state index contributed by atoms with van der Waals surface area (Å²) in [5.41, 5.74) is 11.4. The second kappa shape index (κ2) is 10.5. The lowest BCUT2D eigenvalue weighted by molar-refractivity contribution is -0.274. The Morgan fingerprint density at radius 1 is 1.19 bits per heavy atom. The Hall–Kier alpha value is -3.72. The molecule has 0 saturated carbocycles.